The monoisotopic (exact) mass is 384 g/mol. The van der Waals surface area contributed by atoms with Crippen molar-refractivity contribution in [1.29, 1.82) is 0 Å². The molecule has 0 bridgehead atoms. The summed E-state index contributed by atoms with van der Waals surface area (Å²) in [6.45, 7) is 2.30. The van der Waals surface area contributed by atoms with Crippen molar-refractivity contribution in [1.82, 2.24) is 0 Å². The van der Waals surface area contributed by atoms with Crippen LogP contribution < -0.4 is 0 Å². The first kappa shape index (κ1) is 23.9. The van der Waals surface area contributed by atoms with Gasteiger partial charge in [-0.25, -0.2) is 0 Å². The number of carbonyl (C=O) groups is 1. The molecule has 0 spiro atoms. The van der Waals surface area contributed by atoms with Crippen molar-refractivity contribution in [3.63, 3.8) is 0 Å². The lowest BCUT2D eigenvalue weighted by Gasteiger charge is -2.03. The van der Waals surface area contributed by atoms with Crippen LogP contribution in [0.5, 0.6) is 0 Å². The van der Waals surface area contributed by atoms with Crippen LogP contribution in [-0.2, 0) is 9.53 Å². The van der Waals surface area contributed by atoms with Gasteiger partial charge >= 0.3 is 5.97 Å². The number of methoxy groups -OCH3 is 1. The van der Waals surface area contributed by atoms with E-state index in [0.717, 1.165) is 16.9 Å². The van der Waals surface area contributed by atoms with Gasteiger partial charge in [-0.1, -0.05) is 96.8 Å². The molecule has 0 aromatic carbocycles. The van der Waals surface area contributed by atoms with Crippen LogP contribution in [-0.4, -0.2) is 23.6 Å². The number of hydrogen-bond donors (Lipinski definition) is 0. The number of esters is 1. The van der Waals surface area contributed by atoms with Crippen LogP contribution in [0.4, 0.5) is 0 Å². The number of carbonyl (C=O) groups excluding carboxylic acids is 1. The Kier molecular flexibility index (Phi) is 15.6. The highest BCUT2D eigenvalue weighted by atomic mass is 32.2. The largest absolute Gasteiger partial charge is 0.469 e. The van der Waals surface area contributed by atoms with Gasteiger partial charge in [0, 0.05) is 16.9 Å². The predicted octanol–water partition coefficient (Wildman–Crippen LogP) is 7.69. The summed E-state index contributed by atoms with van der Waals surface area (Å²) in [5.74, 6) is -0.0623. The Bertz CT molecular complexity index is 332. The highest BCUT2D eigenvalue weighted by molar-refractivity contribution is 8.07. The number of unbranched alkanes of at least 4 members (excludes halogenated alkanes) is 13. The number of ether oxygens (including phenoxy) is 1. The van der Waals surface area contributed by atoms with Crippen LogP contribution in [0.3, 0.4) is 0 Å². The molecular formula is C23H44O2S. The highest BCUT2D eigenvalue weighted by Gasteiger charge is 2.36. The molecule has 0 aliphatic carbocycles. The van der Waals surface area contributed by atoms with Gasteiger partial charge in [-0.3, -0.25) is 4.79 Å². The van der Waals surface area contributed by atoms with Gasteiger partial charge in [-0.15, -0.1) is 0 Å². The van der Waals surface area contributed by atoms with Crippen molar-refractivity contribution < 1.29 is 9.53 Å². The highest BCUT2D eigenvalue weighted by Crippen LogP contribution is 2.47. The standard InChI is InChI=1S/C23H44O2S/c1-3-4-15-18-21-22(26-21)19-16-13-11-9-7-5-6-8-10-12-14-17-20-23(24)25-2/h21-22H,3-20H2,1-2H3. The van der Waals surface area contributed by atoms with Crippen LogP contribution in [0.25, 0.3) is 0 Å². The third-order valence-corrected chi connectivity index (χ3v) is 7.14. The van der Waals surface area contributed by atoms with Crippen molar-refractivity contribution in [2.45, 2.75) is 133 Å². The molecule has 154 valence electrons. The van der Waals surface area contributed by atoms with E-state index in [1.54, 1.807) is 0 Å². The maximum atomic E-state index is 11.0. The fourth-order valence-electron chi connectivity index (χ4n) is 3.77. The van der Waals surface area contributed by atoms with Gasteiger partial charge in [0.25, 0.3) is 0 Å². The maximum absolute atomic E-state index is 11.0. The molecule has 0 radical (unpaired) electrons. The molecule has 0 N–H and O–H groups in total. The third-order valence-electron chi connectivity index (χ3n) is 5.63. The number of hydrogen-bond acceptors (Lipinski definition) is 3. The molecule has 1 saturated heterocycles. The zero-order chi connectivity index (χ0) is 18.9. The van der Waals surface area contributed by atoms with Crippen LogP contribution >= 0.6 is 11.8 Å². The van der Waals surface area contributed by atoms with Crippen molar-refractivity contribution in [2.75, 3.05) is 7.11 Å². The molecule has 2 unspecified atom stereocenters. The Labute approximate surface area is 167 Å². The molecular weight excluding hydrogens is 340 g/mol. The molecule has 1 aliphatic rings. The summed E-state index contributed by atoms with van der Waals surface area (Å²) in [6, 6.07) is 0. The van der Waals surface area contributed by atoms with E-state index in [1.807, 2.05) is 0 Å². The molecule has 2 nitrogen and oxygen atoms in total. The Balaban J connectivity index is 1.69. The van der Waals surface area contributed by atoms with Crippen LogP contribution in [0.15, 0.2) is 0 Å². The van der Waals surface area contributed by atoms with Gasteiger partial charge in [-0.2, -0.15) is 11.8 Å². The second kappa shape index (κ2) is 17.0. The van der Waals surface area contributed by atoms with Crippen LogP contribution in [0.2, 0.25) is 0 Å². The smallest absolute Gasteiger partial charge is 0.305 e. The second-order valence-corrected chi connectivity index (χ2v) is 9.55. The van der Waals surface area contributed by atoms with E-state index in [-0.39, 0.29) is 5.97 Å². The van der Waals surface area contributed by atoms with Gasteiger partial charge in [0.05, 0.1) is 7.11 Å². The van der Waals surface area contributed by atoms with Crippen molar-refractivity contribution in [2.24, 2.45) is 0 Å². The molecule has 1 heterocycles. The van der Waals surface area contributed by atoms with Crippen LogP contribution in [0, 0.1) is 0 Å². The predicted molar refractivity (Wildman–Crippen MR) is 116 cm³/mol. The summed E-state index contributed by atoms with van der Waals surface area (Å²) >= 11 is 2.25. The normalized spacial score (nSPS) is 18.8. The molecule has 0 amide bonds. The number of rotatable bonds is 19. The topological polar surface area (TPSA) is 26.3 Å². The fourth-order valence-corrected chi connectivity index (χ4v) is 5.00. The minimum absolute atomic E-state index is 0.0623. The lowest BCUT2D eigenvalue weighted by Crippen LogP contribution is -1.99. The molecule has 2 atom stereocenters. The van der Waals surface area contributed by atoms with Crippen molar-refractivity contribution in [3.8, 4) is 0 Å². The Morgan fingerprint density at radius 2 is 1.12 bits per heavy atom. The van der Waals surface area contributed by atoms with Crippen LogP contribution in [0.1, 0.15) is 122 Å². The first-order valence-corrected chi connectivity index (χ1v) is 12.4. The van der Waals surface area contributed by atoms with Gasteiger partial charge < -0.3 is 4.74 Å². The van der Waals surface area contributed by atoms with E-state index in [0.29, 0.717) is 6.42 Å². The Morgan fingerprint density at radius 3 is 1.58 bits per heavy atom. The van der Waals surface area contributed by atoms with E-state index >= 15 is 0 Å². The first-order valence-electron chi connectivity index (χ1n) is 11.5. The van der Waals surface area contributed by atoms with E-state index in [4.69, 9.17) is 0 Å². The lowest BCUT2D eigenvalue weighted by atomic mass is 10.0. The fraction of sp³-hybridized carbons (Fsp3) is 0.957. The first-order chi connectivity index (χ1) is 12.8. The van der Waals surface area contributed by atoms with E-state index in [2.05, 4.69) is 23.4 Å². The third kappa shape index (κ3) is 13.9. The maximum Gasteiger partial charge on any atom is 0.305 e. The van der Waals surface area contributed by atoms with Crippen molar-refractivity contribution >= 4 is 17.7 Å². The molecule has 1 rings (SSSR count). The molecule has 0 saturated carbocycles. The molecule has 0 aromatic rings. The van der Waals surface area contributed by atoms with E-state index in [9.17, 15) is 4.79 Å². The lowest BCUT2D eigenvalue weighted by molar-refractivity contribution is -0.140. The average molecular weight is 385 g/mol. The summed E-state index contributed by atoms with van der Waals surface area (Å²) in [7, 11) is 1.47. The van der Waals surface area contributed by atoms with E-state index < -0.39 is 0 Å². The minimum Gasteiger partial charge on any atom is -0.469 e. The average Bonchev–Trinajstić information content (AvgIpc) is 3.40. The Hall–Kier alpha value is -0.180. The summed E-state index contributed by atoms with van der Waals surface area (Å²) in [4.78, 5) is 11.0. The van der Waals surface area contributed by atoms with Gasteiger partial charge in [0.15, 0.2) is 0 Å². The van der Waals surface area contributed by atoms with Gasteiger partial charge in [0.1, 0.15) is 0 Å². The zero-order valence-electron chi connectivity index (χ0n) is 17.6. The summed E-state index contributed by atoms with van der Waals surface area (Å²) in [6.07, 6.45) is 24.0. The van der Waals surface area contributed by atoms with Gasteiger partial charge in [-0.05, 0) is 19.3 Å². The van der Waals surface area contributed by atoms with Crippen molar-refractivity contribution in [3.05, 3.63) is 0 Å². The molecule has 3 heteroatoms. The molecule has 1 fully saturated rings. The van der Waals surface area contributed by atoms with Gasteiger partial charge in [0.2, 0.25) is 0 Å². The molecule has 26 heavy (non-hydrogen) atoms. The minimum atomic E-state index is -0.0623. The summed E-state index contributed by atoms with van der Waals surface area (Å²) in [5.41, 5.74) is 0. The molecule has 0 aromatic heterocycles. The molecule has 1 aliphatic heterocycles. The zero-order valence-corrected chi connectivity index (χ0v) is 18.4. The number of thioether (sulfide) groups is 1. The summed E-state index contributed by atoms with van der Waals surface area (Å²) in [5, 5.41) is 2.06. The second-order valence-electron chi connectivity index (χ2n) is 8.07. The quantitative estimate of drug-likeness (QED) is 0.130. The SMILES string of the molecule is CCCCCC1SC1CCCCCCCCCCCCCCC(=O)OC. The summed E-state index contributed by atoms with van der Waals surface area (Å²) < 4.78 is 4.65. The Morgan fingerprint density at radius 1 is 0.692 bits per heavy atom. The van der Waals surface area contributed by atoms with E-state index in [1.165, 1.54) is 110 Å².